The molecule has 4 fully saturated rings. The van der Waals surface area contributed by atoms with E-state index in [2.05, 4.69) is 47.6 Å². The molecule has 5 aliphatic carbocycles. The molecule has 0 amide bonds. The highest BCUT2D eigenvalue weighted by Crippen LogP contribution is 2.75. The van der Waals surface area contributed by atoms with Crippen molar-refractivity contribution in [1.29, 1.82) is 0 Å². The number of Topliss-reactive ketones (excluding diaryl/α,β-unsaturated/α-hetero) is 2. The van der Waals surface area contributed by atoms with Crippen LogP contribution in [0.15, 0.2) is 11.6 Å². The van der Waals surface area contributed by atoms with Crippen LogP contribution in [0, 0.1) is 50.2 Å². The Hall–Kier alpha value is -1.45. The third-order valence-corrected chi connectivity index (χ3v) is 12.8. The average molecular weight is 469 g/mol. The van der Waals surface area contributed by atoms with Gasteiger partial charge in [-0.3, -0.25) is 14.4 Å². The van der Waals surface area contributed by atoms with Crippen molar-refractivity contribution in [2.45, 2.75) is 106 Å². The standard InChI is InChI=1S/C30H44O4/c1-25(2)17-20(31)23(32)30(7)21(25)10-11-29(6)22(30)9-8-18-19-16-27(4,24(33)34)13-12-26(19,3)14-15-28(18,29)5/h8,19,21-22H,9-17H2,1-7H3,(H,33,34)/t19-,21-,22-,26+,27+,28+,29+,30-/m0/s1. The topological polar surface area (TPSA) is 71.4 Å². The summed E-state index contributed by atoms with van der Waals surface area (Å²) in [5, 5.41) is 10.0. The van der Waals surface area contributed by atoms with Gasteiger partial charge in [-0.05, 0) is 97.7 Å². The molecule has 0 aromatic rings. The molecule has 0 saturated heterocycles. The fourth-order valence-corrected chi connectivity index (χ4v) is 10.2. The summed E-state index contributed by atoms with van der Waals surface area (Å²) in [6.07, 6.45) is 10.3. The first-order chi connectivity index (χ1) is 15.6. The monoisotopic (exact) mass is 468 g/mol. The van der Waals surface area contributed by atoms with Crippen molar-refractivity contribution in [2.75, 3.05) is 0 Å². The van der Waals surface area contributed by atoms with Gasteiger partial charge >= 0.3 is 5.97 Å². The van der Waals surface area contributed by atoms with Gasteiger partial charge in [-0.25, -0.2) is 0 Å². The van der Waals surface area contributed by atoms with Crippen molar-refractivity contribution < 1.29 is 19.5 Å². The van der Waals surface area contributed by atoms with E-state index < -0.39 is 16.8 Å². The molecule has 8 atom stereocenters. The Morgan fingerprint density at radius 3 is 2.21 bits per heavy atom. The van der Waals surface area contributed by atoms with Crippen molar-refractivity contribution in [2.24, 2.45) is 50.2 Å². The Morgan fingerprint density at radius 2 is 1.56 bits per heavy atom. The van der Waals surface area contributed by atoms with Gasteiger partial charge in [0.1, 0.15) is 0 Å². The summed E-state index contributed by atoms with van der Waals surface area (Å²) in [5.74, 6) is -0.282. The van der Waals surface area contributed by atoms with E-state index in [1.807, 2.05) is 6.92 Å². The largest absolute Gasteiger partial charge is 0.481 e. The summed E-state index contributed by atoms with van der Waals surface area (Å²) < 4.78 is 0. The van der Waals surface area contributed by atoms with Gasteiger partial charge in [-0.15, -0.1) is 0 Å². The van der Waals surface area contributed by atoms with Gasteiger partial charge in [0.05, 0.1) is 5.41 Å². The maximum absolute atomic E-state index is 13.6. The number of aliphatic carboxylic acids is 1. The summed E-state index contributed by atoms with van der Waals surface area (Å²) >= 11 is 0. The van der Waals surface area contributed by atoms with Crippen LogP contribution in [0.4, 0.5) is 0 Å². The van der Waals surface area contributed by atoms with Crippen molar-refractivity contribution >= 4 is 17.5 Å². The Labute approximate surface area is 205 Å². The third-order valence-electron chi connectivity index (χ3n) is 12.8. The first-order valence-corrected chi connectivity index (χ1v) is 13.6. The second-order valence-corrected chi connectivity index (χ2v) is 14.8. The Bertz CT molecular complexity index is 1010. The number of allylic oxidation sites excluding steroid dienone is 2. The molecule has 0 heterocycles. The van der Waals surface area contributed by atoms with Crippen LogP contribution in [-0.2, 0) is 14.4 Å². The molecule has 0 aliphatic heterocycles. The number of hydrogen-bond donors (Lipinski definition) is 1. The van der Waals surface area contributed by atoms with E-state index in [4.69, 9.17) is 0 Å². The predicted octanol–water partition coefficient (Wildman–Crippen LogP) is 6.62. The summed E-state index contributed by atoms with van der Waals surface area (Å²) in [6.45, 7) is 15.7. The Kier molecular flexibility index (Phi) is 4.89. The smallest absolute Gasteiger partial charge is 0.309 e. The average Bonchev–Trinajstić information content (AvgIpc) is 2.73. The van der Waals surface area contributed by atoms with E-state index >= 15 is 0 Å². The molecule has 4 heteroatoms. The van der Waals surface area contributed by atoms with Crippen LogP contribution in [-0.4, -0.2) is 22.6 Å². The van der Waals surface area contributed by atoms with Crippen LogP contribution in [0.2, 0.25) is 0 Å². The van der Waals surface area contributed by atoms with E-state index in [-0.39, 0.29) is 51.0 Å². The molecule has 4 saturated carbocycles. The molecule has 1 N–H and O–H groups in total. The van der Waals surface area contributed by atoms with Crippen molar-refractivity contribution in [3.63, 3.8) is 0 Å². The third kappa shape index (κ3) is 2.75. The van der Waals surface area contributed by atoms with E-state index in [1.165, 1.54) is 5.57 Å². The molecule has 0 bridgehead atoms. The van der Waals surface area contributed by atoms with Gasteiger partial charge in [-0.1, -0.05) is 53.2 Å². The maximum Gasteiger partial charge on any atom is 0.309 e. The molecule has 0 aromatic carbocycles. The van der Waals surface area contributed by atoms with Crippen LogP contribution in [0.25, 0.3) is 0 Å². The van der Waals surface area contributed by atoms with Crippen molar-refractivity contribution in [3.05, 3.63) is 11.6 Å². The highest BCUT2D eigenvalue weighted by Gasteiger charge is 2.70. The molecule has 0 radical (unpaired) electrons. The van der Waals surface area contributed by atoms with E-state index in [0.29, 0.717) is 12.8 Å². The first kappa shape index (κ1) is 24.3. The molecule has 4 nitrogen and oxygen atoms in total. The van der Waals surface area contributed by atoms with Crippen molar-refractivity contribution in [1.82, 2.24) is 0 Å². The van der Waals surface area contributed by atoms with Gasteiger partial charge in [0.15, 0.2) is 5.78 Å². The minimum Gasteiger partial charge on any atom is -0.481 e. The summed E-state index contributed by atoms with van der Waals surface area (Å²) in [5.41, 5.74) is 0.0793. The van der Waals surface area contributed by atoms with Gasteiger partial charge in [0.25, 0.3) is 0 Å². The SMILES string of the molecule is CC1(C)CC(=O)C(=O)[C@]2(C)[C@H]3CC=C4[C@@H]5C[C@](C)(C(=O)O)CC[C@]5(C)CC[C@@]4(C)[C@]3(C)CC[C@@H]12. The quantitative estimate of drug-likeness (QED) is 0.347. The minimum atomic E-state index is -0.666. The number of carboxylic acid groups (broad SMARTS) is 1. The van der Waals surface area contributed by atoms with E-state index in [9.17, 15) is 19.5 Å². The lowest BCUT2D eigenvalue weighted by molar-refractivity contribution is -0.189. The first-order valence-electron chi connectivity index (χ1n) is 13.6. The van der Waals surface area contributed by atoms with E-state index in [0.717, 1.165) is 44.9 Å². The van der Waals surface area contributed by atoms with Crippen LogP contribution in [0.3, 0.4) is 0 Å². The minimum absolute atomic E-state index is 0.0598. The van der Waals surface area contributed by atoms with Gasteiger partial charge in [0.2, 0.25) is 5.78 Å². The zero-order chi connectivity index (χ0) is 25.1. The number of rotatable bonds is 1. The predicted molar refractivity (Wildman–Crippen MR) is 132 cm³/mol. The van der Waals surface area contributed by atoms with Crippen LogP contribution < -0.4 is 0 Å². The van der Waals surface area contributed by atoms with Gasteiger partial charge in [-0.2, -0.15) is 0 Å². The Balaban J connectivity index is 1.62. The van der Waals surface area contributed by atoms with Crippen molar-refractivity contribution in [3.8, 4) is 0 Å². The number of fused-ring (bicyclic) bond motifs is 7. The second kappa shape index (κ2) is 6.85. The zero-order valence-corrected chi connectivity index (χ0v) is 22.3. The number of carboxylic acids is 1. The molecule has 5 aliphatic rings. The fourth-order valence-electron chi connectivity index (χ4n) is 10.2. The fraction of sp³-hybridized carbons (Fsp3) is 0.833. The lowest BCUT2D eigenvalue weighted by Gasteiger charge is -2.70. The summed E-state index contributed by atoms with van der Waals surface area (Å²) in [6, 6.07) is 0. The van der Waals surface area contributed by atoms with Crippen LogP contribution >= 0.6 is 0 Å². The Morgan fingerprint density at radius 1 is 0.912 bits per heavy atom. The lowest BCUT2D eigenvalue weighted by Crippen LogP contribution is -2.66. The summed E-state index contributed by atoms with van der Waals surface area (Å²) in [7, 11) is 0. The van der Waals surface area contributed by atoms with Gasteiger partial charge in [0, 0.05) is 11.8 Å². The van der Waals surface area contributed by atoms with E-state index in [1.54, 1.807) is 0 Å². The zero-order valence-electron chi connectivity index (χ0n) is 22.3. The molecular formula is C30H44O4. The highest BCUT2D eigenvalue weighted by molar-refractivity contribution is 6.40. The molecule has 34 heavy (non-hydrogen) atoms. The molecular weight excluding hydrogens is 424 g/mol. The maximum atomic E-state index is 13.6. The summed E-state index contributed by atoms with van der Waals surface area (Å²) in [4.78, 5) is 38.8. The molecule has 5 rings (SSSR count). The normalized spacial score (nSPS) is 52.0. The molecule has 188 valence electrons. The highest BCUT2D eigenvalue weighted by atomic mass is 16.4. The lowest BCUT2D eigenvalue weighted by atomic mass is 9.33. The second-order valence-electron chi connectivity index (χ2n) is 14.8. The van der Waals surface area contributed by atoms with Crippen LogP contribution in [0.5, 0.6) is 0 Å². The number of carbonyl (C=O) groups is 3. The van der Waals surface area contributed by atoms with Crippen LogP contribution in [0.1, 0.15) is 106 Å². The molecule has 0 aromatic heterocycles. The van der Waals surface area contributed by atoms with Gasteiger partial charge < -0.3 is 5.11 Å². The molecule has 0 unspecified atom stereocenters. The number of hydrogen-bond acceptors (Lipinski definition) is 3. The number of ketones is 2. The molecule has 0 spiro atoms. The number of carbonyl (C=O) groups excluding carboxylic acids is 2.